The molecule has 2 amide bonds. The summed E-state index contributed by atoms with van der Waals surface area (Å²) in [4.78, 5) is 30.0. The van der Waals surface area contributed by atoms with E-state index in [1.165, 1.54) is 0 Å². The Kier molecular flexibility index (Phi) is 11.8. The van der Waals surface area contributed by atoms with Crippen molar-refractivity contribution in [2.45, 2.75) is 63.1 Å². The number of thioether (sulfide) groups is 1. The Morgan fingerprint density at radius 1 is 0.946 bits per heavy atom. The summed E-state index contributed by atoms with van der Waals surface area (Å²) in [5, 5.41) is 4.38. The number of hydrogen-bond donors (Lipinski definition) is 1. The maximum atomic E-state index is 13.7. The van der Waals surface area contributed by atoms with Gasteiger partial charge in [0.1, 0.15) is 6.04 Å². The van der Waals surface area contributed by atoms with E-state index in [2.05, 4.69) is 5.32 Å². The third-order valence-corrected chi connectivity index (χ3v) is 7.91. The predicted octanol–water partition coefficient (Wildman–Crippen LogP) is 7.42. The van der Waals surface area contributed by atoms with Gasteiger partial charge in [-0.25, -0.2) is 0 Å². The number of hydrogen-bond acceptors (Lipinski definition) is 3. The van der Waals surface area contributed by atoms with Gasteiger partial charge in [0.05, 0.1) is 0 Å². The van der Waals surface area contributed by atoms with E-state index < -0.39 is 6.04 Å². The van der Waals surface area contributed by atoms with E-state index in [1.54, 1.807) is 16.7 Å². The zero-order valence-electron chi connectivity index (χ0n) is 21.3. The molecule has 0 aliphatic carbocycles. The number of nitrogens with zero attached hydrogens (tertiary/aromatic N) is 1. The van der Waals surface area contributed by atoms with Crippen molar-refractivity contribution in [1.82, 2.24) is 10.2 Å². The first-order chi connectivity index (χ1) is 17.9. The maximum Gasteiger partial charge on any atom is 0.243 e. The highest BCUT2D eigenvalue weighted by Gasteiger charge is 2.31. The molecule has 2 atom stereocenters. The normalized spacial score (nSPS) is 12.5. The summed E-state index contributed by atoms with van der Waals surface area (Å²) in [5.41, 5.74) is 1.82. The van der Waals surface area contributed by atoms with Crippen LogP contribution in [0.3, 0.4) is 0 Å². The van der Waals surface area contributed by atoms with Crippen LogP contribution in [0.2, 0.25) is 10.0 Å². The van der Waals surface area contributed by atoms with Crippen molar-refractivity contribution < 1.29 is 9.59 Å². The SMILES string of the molecule is CC[C@H](C)NC(=O)[C@@H](Cc1ccccc1)N(Cc1ccccc1Cl)C(=O)CCCSc1ccc(Cl)cc1. The summed E-state index contributed by atoms with van der Waals surface area (Å²) in [6.07, 6.45) is 2.27. The van der Waals surface area contributed by atoms with Crippen molar-refractivity contribution >= 4 is 46.8 Å². The second kappa shape index (κ2) is 15.1. The molecule has 37 heavy (non-hydrogen) atoms. The first-order valence-electron chi connectivity index (χ1n) is 12.6. The minimum Gasteiger partial charge on any atom is -0.352 e. The first kappa shape index (κ1) is 29.1. The third-order valence-electron chi connectivity index (χ3n) is 6.19. The van der Waals surface area contributed by atoms with Gasteiger partial charge in [0.15, 0.2) is 0 Å². The zero-order valence-corrected chi connectivity index (χ0v) is 23.7. The van der Waals surface area contributed by atoms with Crippen LogP contribution in [0.1, 0.15) is 44.2 Å². The van der Waals surface area contributed by atoms with Crippen molar-refractivity contribution in [2.75, 3.05) is 5.75 Å². The minimum atomic E-state index is -0.649. The molecule has 0 saturated heterocycles. The summed E-state index contributed by atoms with van der Waals surface area (Å²) in [7, 11) is 0. The second-order valence-electron chi connectivity index (χ2n) is 9.04. The fourth-order valence-corrected chi connectivity index (χ4v) is 5.07. The average Bonchev–Trinajstić information content (AvgIpc) is 2.91. The molecule has 4 nitrogen and oxygen atoms in total. The van der Waals surface area contributed by atoms with Crippen LogP contribution < -0.4 is 5.32 Å². The molecular weight excluding hydrogens is 523 g/mol. The van der Waals surface area contributed by atoms with E-state index in [1.807, 2.05) is 92.7 Å². The molecule has 3 aromatic carbocycles. The Morgan fingerprint density at radius 3 is 2.30 bits per heavy atom. The van der Waals surface area contributed by atoms with Gasteiger partial charge in [0.2, 0.25) is 11.8 Å². The molecule has 0 aliphatic rings. The van der Waals surface area contributed by atoms with Crippen molar-refractivity contribution in [3.05, 3.63) is 100 Å². The van der Waals surface area contributed by atoms with Crippen LogP contribution in [0.4, 0.5) is 0 Å². The Bertz CT molecular complexity index is 1140. The van der Waals surface area contributed by atoms with Crippen LogP contribution in [-0.4, -0.2) is 34.6 Å². The highest BCUT2D eigenvalue weighted by Crippen LogP contribution is 2.24. The molecule has 0 bridgehead atoms. The molecule has 7 heteroatoms. The topological polar surface area (TPSA) is 49.4 Å². The molecule has 0 heterocycles. The highest BCUT2D eigenvalue weighted by atomic mass is 35.5. The molecule has 0 radical (unpaired) electrons. The van der Waals surface area contributed by atoms with Gasteiger partial charge in [-0.1, -0.05) is 78.7 Å². The van der Waals surface area contributed by atoms with Crippen LogP contribution in [0.15, 0.2) is 83.8 Å². The van der Waals surface area contributed by atoms with Crippen molar-refractivity contribution in [3.63, 3.8) is 0 Å². The lowest BCUT2D eigenvalue weighted by Gasteiger charge is -2.32. The van der Waals surface area contributed by atoms with Gasteiger partial charge in [0, 0.05) is 40.4 Å². The fraction of sp³-hybridized carbons (Fsp3) is 0.333. The van der Waals surface area contributed by atoms with E-state index in [0.29, 0.717) is 29.3 Å². The van der Waals surface area contributed by atoms with Crippen LogP contribution >= 0.6 is 35.0 Å². The van der Waals surface area contributed by atoms with Crippen LogP contribution in [-0.2, 0) is 22.6 Å². The fourth-order valence-electron chi connectivity index (χ4n) is 3.89. The first-order valence-corrected chi connectivity index (χ1v) is 14.4. The number of benzene rings is 3. The highest BCUT2D eigenvalue weighted by molar-refractivity contribution is 7.99. The molecular formula is C30H34Cl2N2O2S. The minimum absolute atomic E-state index is 0.0128. The lowest BCUT2D eigenvalue weighted by molar-refractivity contribution is -0.141. The van der Waals surface area contributed by atoms with Crippen LogP contribution in [0.25, 0.3) is 0 Å². The summed E-state index contributed by atoms with van der Waals surface area (Å²) in [6, 6.07) is 24.4. The van der Waals surface area contributed by atoms with Crippen LogP contribution in [0.5, 0.6) is 0 Å². The maximum absolute atomic E-state index is 13.7. The van der Waals surface area contributed by atoms with Gasteiger partial charge < -0.3 is 10.2 Å². The number of amides is 2. The standard InChI is InChI=1S/C30H34Cl2N2O2S/c1-3-22(2)33-30(36)28(20-23-10-5-4-6-11-23)34(21-24-12-7-8-13-27(24)32)29(35)14-9-19-37-26-17-15-25(31)16-18-26/h4-8,10-13,15-18,22,28H,3,9,14,19-21H2,1-2H3,(H,33,36)/t22-,28+/m0/s1. The quantitative estimate of drug-likeness (QED) is 0.176. The zero-order chi connectivity index (χ0) is 26.6. The molecule has 1 N–H and O–H groups in total. The van der Waals surface area contributed by atoms with E-state index >= 15 is 0 Å². The Hall–Kier alpha value is -2.47. The van der Waals surface area contributed by atoms with Crippen LogP contribution in [0, 0.1) is 0 Å². The van der Waals surface area contributed by atoms with Gasteiger partial charge in [0.25, 0.3) is 0 Å². The van der Waals surface area contributed by atoms with Crippen molar-refractivity contribution in [3.8, 4) is 0 Å². The average molecular weight is 558 g/mol. The molecule has 0 saturated carbocycles. The number of nitrogens with one attached hydrogen (secondary N) is 1. The van der Waals surface area contributed by atoms with Gasteiger partial charge >= 0.3 is 0 Å². The van der Waals surface area contributed by atoms with E-state index in [4.69, 9.17) is 23.2 Å². The molecule has 0 unspecified atom stereocenters. The Labute approximate surface area is 234 Å². The lowest BCUT2D eigenvalue weighted by Crippen LogP contribution is -2.52. The number of carbonyl (C=O) groups excluding carboxylic acids is 2. The van der Waals surface area contributed by atoms with E-state index in [-0.39, 0.29) is 24.4 Å². The Balaban J connectivity index is 1.80. The van der Waals surface area contributed by atoms with E-state index in [9.17, 15) is 9.59 Å². The molecule has 196 valence electrons. The molecule has 0 aliphatic heterocycles. The third kappa shape index (κ3) is 9.41. The van der Waals surface area contributed by atoms with Gasteiger partial charge in [-0.15, -0.1) is 11.8 Å². The van der Waals surface area contributed by atoms with Crippen molar-refractivity contribution in [2.24, 2.45) is 0 Å². The lowest BCUT2D eigenvalue weighted by atomic mass is 10.0. The van der Waals surface area contributed by atoms with Gasteiger partial charge in [-0.2, -0.15) is 0 Å². The summed E-state index contributed by atoms with van der Waals surface area (Å²) < 4.78 is 0. The largest absolute Gasteiger partial charge is 0.352 e. The monoisotopic (exact) mass is 556 g/mol. The second-order valence-corrected chi connectivity index (χ2v) is 11.1. The van der Waals surface area contributed by atoms with Gasteiger partial charge in [-0.05, 0) is 67.0 Å². The molecule has 0 aromatic heterocycles. The van der Waals surface area contributed by atoms with Gasteiger partial charge in [-0.3, -0.25) is 9.59 Å². The smallest absolute Gasteiger partial charge is 0.243 e. The number of halogens is 2. The number of carbonyl (C=O) groups is 2. The van der Waals surface area contributed by atoms with E-state index in [0.717, 1.165) is 28.2 Å². The molecule has 3 rings (SSSR count). The number of rotatable bonds is 13. The molecule has 0 fully saturated rings. The predicted molar refractivity (Wildman–Crippen MR) is 155 cm³/mol. The summed E-state index contributed by atoms with van der Waals surface area (Å²) in [6.45, 7) is 4.28. The summed E-state index contributed by atoms with van der Waals surface area (Å²) >= 11 is 14.1. The summed E-state index contributed by atoms with van der Waals surface area (Å²) in [5.74, 6) is 0.585. The Morgan fingerprint density at radius 2 is 1.62 bits per heavy atom. The molecule has 3 aromatic rings. The molecule has 0 spiro atoms. The van der Waals surface area contributed by atoms with Crippen molar-refractivity contribution in [1.29, 1.82) is 0 Å².